The highest BCUT2D eigenvalue weighted by atomic mass is 16.6. The Morgan fingerprint density at radius 1 is 0.471 bits per heavy atom. The molecule has 0 radical (unpaired) electrons. The first kappa shape index (κ1) is 42.6. The summed E-state index contributed by atoms with van der Waals surface area (Å²) >= 11 is 0. The van der Waals surface area contributed by atoms with Crippen molar-refractivity contribution in [1.29, 1.82) is 0 Å². The van der Waals surface area contributed by atoms with Crippen LogP contribution >= 0.6 is 0 Å². The summed E-state index contributed by atoms with van der Waals surface area (Å²) in [6.07, 6.45) is 8.43. The monoisotopic (exact) mass is 896 g/mol. The third kappa shape index (κ3) is 7.55. The molecule has 2 N–H and O–H groups in total. The normalized spacial score (nSPS) is 16.5. The molecule has 2 atom stereocenters. The fraction of sp³-hybridized carbons (Fsp3) is 0.207. The van der Waals surface area contributed by atoms with Crippen LogP contribution in [0.2, 0.25) is 0 Å². The molecule has 3 aromatic heterocycles. The summed E-state index contributed by atoms with van der Waals surface area (Å²) < 4.78 is 11.8. The Morgan fingerprint density at radius 2 is 0.824 bits per heavy atom. The quantitative estimate of drug-likeness (QED) is 0.157. The SMILES string of the molecule is Cc1cc(C)c(-c2c3nc(c(N4C(=O)OCC4Cc4ccccc4)c4ccc([nH]4)c(-c4c(C)cc(C)cc4C)c4nc(c(N5C(=O)OCC5Cc5ccccc5)c5ccc2[nH]5)C=C4)C=C3)c(C)c1. The van der Waals surface area contributed by atoms with Crippen molar-refractivity contribution < 1.29 is 19.1 Å². The van der Waals surface area contributed by atoms with Crippen LogP contribution in [0.5, 0.6) is 0 Å². The molecule has 8 bridgehead atoms. The van der Waals surface area contributed by atoms with Gasteiger partial charge in [0.2, 0.25) is 0 Å². The Labute approximate surface area is 395 Å². The smallest absolute Gasteiger partial charge is 0.414 e. The van der Waals surface area contributed by atoms with Crippen molar-refractivity contribution >= 4 is 69.9 Å². The van der Waals surface area contributed by atoms with Crippen molar-refractivity contribution in [2.45, 2.75) is 66.5 Å². The first-order chi connectivity index (χ1) is 33.0. The van der Waals surface area contributed by atoms with E-state index in [0.29, 0.717) is 46.6 Å². The molecular formula is C58H52N6O4. The van der Waals surface area contributed by atoms with Crippen LogP contribution in [0.1, 0.15) is 67.3 Å². The van der Waals surface area contributed by atoms with Gasteiger partial charge in [0.05, 0.1) is 57.3 Å². The molecule has 4 aliphatic heterocycles. The fourth-order valence-corrected chi connectivity index (χ4v) is 10.9. The first-order valence-corrected chi connectivity index (χ1v) is 23.3. The van der Waals surface area contributed by atoms with E-state index in [2.05, 4.69) is 112 Å². The van der Waals surface area contributed by atoms with Crippen LogP contribution < -0.4 is 9.80 Å². The molecule has 7 aromatic rings. The zero-order valence-electron chi connectivity index (χ0n) is 39.1. The van der Waals surface area contributed by atoms with E-state index in [1.807, 2.05) is 72.8 Å². The van der Waals surface area contributed by atoms with Crippen molar-refractivity contribution in [3.05, 3.63) is 176 Å². The summed E-state index contributed by atoms with van der Waals surface area (Å²) in [5.41, 5.74) is 19.8. The van der Waals surface area contributed by atoms with Crippen LogP contribution in [0.15, 0.2) is 109 Å². The van der Waals surface area contributed by atoms with E-state index in [1.54, 1.807) is 9.80 Å². The molecule has 2 saturated heterocycles. The van der Waals surface area contributed by atoms with Gasteiger partial charge in [-0.1, -0.05) is 96.1 Å². The van der Waals surface area contributed by atoms with Gasteiger partial charge < -0.3 is 19.4 Å². The summed E-state index contributed by atoms with van der Waals surface area (Å²) in [7, 11) is 0. The Bertz CT molecular complexity index is 3160. The molecule has 2 fully saturated rings. The van der Waals surface area contributed by atoms with Crippen molar-refractivity contribution in [2.75, 3.05) is 23.0 Å². The predicted octanol–water partition coefficient (Wildman–Crippen LogP) is 13.0. The number of nitrogens with one attached hydrogen (secondary N) is 2. The Kier molecular flexibility index (Phi) is 10.7. The van der Waals surface area contributed by atoms with Gasteiger partial charge in [0.25, 0.3) is 0 Å². The molecular weight excluding hydrogens is 845 g/mol. The number of aromatic amines is 2. The van der Waals surface area contributed by atoms with Crippen molar-refractivity contribution in [3.63, 3.8) is 0 Å². The molecule has 7 heterocycles. The molecule has 4 aromatic carbocycles. The van der Waals surface area contributed by atoms with Gasteiger partial charge in [-0.3, -0.25) is 9.80 Å². The van der Waals surface area contributed by atoms with Crippen molar-refractivity contribution in [1.82, 2.24) is 19.9 Å². The highest BCUT2D eigenvalue weighted by molar-refractivity contribution is 6.05. The third-order valence-electron chi connectivity index (χ3n) is 13.6. The second-order valence-corrected chi connectivity index (χ2v) is 18.6. The van der Waals surface area contributed by atoms with E-state index in [9.17, 15) is 9.59 Å². The minimum atomic E-state index is -0.426. The number of fused-ring (bicyclic) bond motifs is 8. The van der Waals surface area contributed by atoms with Crippen LogP contribution in [0.25, 0.3) is 68.6 Å². The average Bonchev–Trinajstić information content (AvgIpc) is 4.19. The molecule has 0 aliphatic carbocycles. The predicted molar refractivity (Wildman–Crippen MR) is 274 cm³/mol. The minimum absolute atomic E-state index is 0.234. The standard InChI is InChI=1S/C58H52N6O4/c1-33-25-35(3)51(36(4)26-33)53-43-17-21-47(59-43)55(63-41(31-67-57(63)65)29-39-13-9-7-10-14-39)49-23-19-45(61-49)54(52-37(5)27-34(2)28-38(52)6)46-20-24-50(62-46)56(48-22-18-44(53)60-48)64-42(32-68-58(64)66)30-40-15-11-8-12-16-40/h7-28,41-42,59,62H,29-32H2,1-6H3. The van der Waals surface area contributed by atoms with Crippen LogP contribution in [-0.2, 0) is 22.3 Å². The van der Waals surface area contributed by atoms with Crippen molar-refractivity contribution in [2.24, 2.45) is 0 Å². The minimum Gasteiger partial charge on any atom is -0.447 e. The summed E-state index contributed by atoms with van der Waals surface area (Å²) in [4.78, 5) is 50.6. The van der Waals surface area contributed by atoms with E-state index in [0.717, 1.165) is 89.2 Å². The molecule has 338 valence electrons. The molecule has 10 nitrogen and oxygen atoms in total. The molecule has 11 rings (SSSR count). The average molecular weight is 897 g/mol. The lowest BCUT2D eigenvalue weighted by atomic mass is 9.92. The second kappa shape index (κ2) is 17.0. The maximum atomic E-state index is 14.2. The van der Waals surface area contributed by atoms with E-state index in [-0.39, 0.29) is 25.3 Å². The topological polar surface area (TPSA) is 116 Å². The molecule has 0 saturated carbocycles. The number of H-pyrrole nitrogens is 2. The van der Waals surface area contributed by atoms with Crippen LogP contribution in [0, 0.1) is 41.5 Å². The first-order valence-electron chi connectivity index (χ1n) is 23.3. The lowest BCUT2D eigenvalue weighted by Gasteiger charge is -2.22. The van der Waals surface area contributed by atoms with Gasteiger partial charge in [-0.05, 0) is 147 Å². The highest BCUT2D eigenvalue weighted by Crippen LogP contribution is 2.42. The van der Waals surface area contributed by atoms with E-state index in [1.165, 1.54) is 0 Å². The molecule has 2 amide bonds. The van der Waals surface area contributed by atoms with Gasteiger partial charge in [-0.25, -0.2) is 19.6 Å². The van der Waals surface area contributed by atoms with Gasteiger partial charge in [0.15, 0.2) is 0 Å². The number of anilines is 2. The van der Waals surface area contributed by atoms with Gasteiger partial charge in [0.1, 0.15) is 13.2 Å². The summed E-state index contributed by atoms with van der Waals surface area (Å²) in [5.74, 6) is 0. The number of carbonyl (C=O) groups excluding carboxylic acids is 2. The zero-order chi connectivity index (χ0) is 46.8. The van der Waals surface area contributed by atoms with Gasteiger partial charge in [0, 0.05) is 22.2 Å². The Balaban J connectivity index is 1.27. The number of cyclic esters (lactones) is 2. The van der Waals surface area contributed by atoms with Crippen LogP contribution in [-0.4, -0.2) is 57.4 Å². The van der Waals surface area contributed by atoms with Gasteiger partial charge >= 0.3 is 12.2 Å². The highest BCUT2D eigenvalue weighted by Gasteiger charge is 2.39. The zero-order valence-corrected chi connectivity index (χ0v) is 39.1. The summed E-state index contributed by atoms with van der Waals surface area (Å²) in [6.45, 7) is 13.2. The number of hydrogen-bond acceptors (Lipinski definition) is 6. The number of hydrogen-bond donors (Lipinski definition) is 2. The number of benzene rings is 4. The molecule has 0 spiro atoms. The van der Waals surface area contributed by atoms with E-state index in [4.69, 9.17) is 19.4 Å². The number of amides is 2. The number of rotatable bonds is 8. The summed E-state index contributed by atoms with van der Waals surface area (Å²) in [5, 5.41) is 0. The lowest BCUT2D eigenvalue weighted by molar-refractivity contribution is 0.178. The Hall–Kier alpha value is -7.98. The van der Waals surface area contributed by atoms with Crippen LogP contribution in [0.4, 0.5) is 21.0 Å². The maximum absolute atomic E-state index is 14.2. The third-order valence-corrected chi connectivity index (χ3v) is 13.6. The van der Waals surface area contributed by atoms with Gasteiger partial charge in [-0.2, -0.15) is 0 Å². The maximum Gasteiger partial charge on any atom is 0.414 e. The molecule has 10 heteroatoms. The number of nitrogens with zero attached hydrogens (tertiary/aromatic N) is 4. The van der Waals surface area contributed by atoms with Crippen LogP contribution in [0.3, 0.4) is 0 Å². The Morgan fingerprint density at radius 3 is 1.21 bits per heavy atom. The van der Waals surface area contributed by atoms with E-state index >= 15 is 0 Å². The summed E-state index contributed by atoms with van der Waals surface area (Å²) in [6, 6.07) is 36.8. The number of carbonyl (C=O) groups is 2. The number of ether oxygens (including phenoxy) is 2. The second-order valence-electron chi connectivity index (χ2n) is 18.6. The molecule has 2 unspecified atom stereocenters. The lowest BCUT2D eigenvalue weighted by Crippen LogP contribution is -2.35. The van der Waals surface area contributed by atoms with Crippen molar-refractivity contribution in [3.8, 4) is 22.3 Å². The fourth-order valence-electron chi connectivity index (χ4n) is 10.9. The largest absolute Gasteiger partial charge is 0.447 e. The molecule has 68 heavy (non-hydrogen) atoms. The molecule has 4 aliphatic rings. The van der Waals surface area contributed by atoms with E-state index < -0.39 is 12.2 Å². The number of aryl methyl sites for hydroxylation is 6. The van der Waals surface area contributed by atoms with Gasteiger partial charge in [-0.15, -0.1) is 0 Å². The number of aromatic nitrogens is 4.